The molecule has 5 nitrogen and oxygen atoms in total. The molecule has 1 aromatic heterocycles. The summed E-state index contributed by atoms with van der Waals surface area (Å²) in [5.74, 6) is 0.831. The van der Waals surface area contributed by atoms with Crippen molar-refractivity contribution >= 4 is 40.8 Å². The normalized spacial score (nSPS) is 11.5. The molecule has 0 aliphatic rings. The van der Waals surface area contributed by atoms with Gasteiger partial charge in [-0.05, 0) is 42.3 Å². The maximum atomic E-state index is 4.34. The van der Waals surface area contributed by atoms with E-state index < -0.39 is 0 Å². The molecule has 0 unspecified atom stereocenters. The number of para-hydroxylation sites is 1. The number of nitrogens with one attached hydrogen (secondary N) is 3. The van der Waals surface area contributed by atoms with Crippen molar-refractivity contribution in [3.63, 3.8) is 0 Å². The number of aromatic amines is 1. The monoisotopic (exact) mass is 519 g/mol. The number of aromatic nitrogens is 1. The van der Waals surface area contributed by atoms with Crippen molar-refractivity contribution in [1.29, 1.82) is 0 Å². The zero-order valence-electron chi connectivity index (χ0n) is 18.2. The SMILES string of the molecule is CCN(CC)Cc1ccc(CNC(=NC)NCCc2c[nH]c3ccccc23)cc1.I. The van der Waals surface area contributed by atoms with Crippen molar-refractivity contribution in [3.8, 4) is 0 Å². The summed E-state index contributed by atoms with van der Waals surface area (Å²) in [5, 5.41) is 8.11. The van der Waals surface area contributed by atoms with Gasteiger partial charge in [0, 0.05) is 43.8 Å². The maximum absolute atomic E-state index is 4.34. The minimum absolute atomic E-state index is 0. The van der Waals surface area contributed by atoms with E-state index in [0.29, 0.717) is 0 Å². The largest absolute Gasteiger partial charge is 0.361 e. The van der Waals surface area contributed by atoms with E-state index in [2.05, 4.69) is 94.1 Å². The molecular formula is C24H34IN5. The molecule has 162 valence electrons. The van der Waals surface area contributed by atoms with Gasteiger partial charge in [-0.25, -0.2) is 0 Å². The fourth-order valence-corrected chi connectivity index (χ4v) is 3.53. The first kappa shape index (κ1) is 24.2. The molecule has 30 heavy (non-hydrogen) atoms. The van der Waals surface area contributed by atoms with Crippen LogP contribution in [-0.4, -0.2) is 42.5 Å². The Labute approximate surface area is 197 Å². The summed E-state index contributed by atoms with van der Waals surface area (Å²) in [5.41, 5.74) is 5.13. The van der Waals surface area contributed by atoms with Crippen LogP contribution in [0.3, 0.4) is 0 Å². The number of hydrogen-bond donors (Lipinski definition) is 3. The third-order valence-electron chi connectivity index (χ3n) is 5.37. The Morgan fingerprint density at radius 1 is 0.967 bits per heavy atom. The van der Waals surface area contributed by atoms with Crippen molar-refractivity contribution in [2.24, 2.45) is 4.99 Å². The van der Waals surface area contributed by atoms with Crippen molar-refractivity contribution in [2.45, 2.75) is 33.4 Å². The molecule has 0 radical (unpaired) electrons. The molecule has 0 amide bonds. The van der Waals surface area contributed by atoms with Crippen LogP contribution in [0.1, 0.15) is 30.5 Å². The summed E-state index contributed by atoms with van der Waals surface area (Å²) in [6.07, 6.45) is 3.05. The first-order chi connectivity index (χ1) is 14.2. The molecule has 0 fully saturated rings. The number of benzene rings is 2. The van der Waals surface area contributed by atoms with Gasteiger partial charge in [-0.2, -0.15) is 0 Å². The fraction of sp³-hybridized carbons (Fsp3) is 0.375. The van der Waals surface area contributed by atoms with Gasteiger partial charge in [-0.15, -0.1) is 24.0 Å². The third kappa shape index (κ3) is 6.74. The topological polar surface area (TPSA) is 55.4 Å². The van der Waals surface area contributed by atoms with Gasteiger partial charge in [-0.1, -0.05) is 56.3 Å². The van der Waals surface area contributed by atoms with Gasteiger partial charge >= 0.3 is 0 Å². The van der Waals surface area contributed by atoms with Crippen LogP contribution < -0.4 is 10.6 Å². The van der Waals surface area contributed by atoms with Crippen LogP contribution in [0.5, 0.6) is 0 Å². The minimum atomic E-state index is 0. The first-order valence-electron chi connectivity index (χ1n) is 10.5. The zero-order chi connectivity index (χ0) is 20.5. The maximum Gasteiger partial charge on any atom is 0.191 e. The van der Waals surface area contributed by atoms with Crippen LogP contribution in [-0.2, 0) is 19.5 Å². The summed E-state index contributed by atoms with van der Waals surface area (Å²) in [6.45, 7) is 9.19. The van der Waals surface area contributed by atoms with Gasteiger partial charge < -0.3 is 15.6 Å². The molecule has 6 heteroatoms. The highest BCUT2D eigenvalue weighted by molar-refractivity contribution is 14.0. The lowest BCUT2D eigenvalue weighted by Crippen LogP contribution is -2.37. The number of rotatable bonds is 9. The van der Waals surface area contributed by atoms with Gasteiger partial charge in [0.1, 0.15) is 0 Å². The van der Waals surface area contributed by atoms with Crippen LogP contribution in [0.25, 0.3) is 10.9 Å². The van der Waals surface area contributed by atoms with E-state index in [1.807, 2.05) is 7.05 Å². The Morgan fingerprint density at radius 2 is 1.67 bits per heavy atom. The predicted molar refractivity (Wildman–Crippen MR) is 139 cm³/mol. The number of hydrogen-bond acceptors (Lipinski definition) is 2. The van der Waals surface area contributed by atoms with Crippen molar-refractivity contribution < 1.29 is 0 Å². The average Bonchev–Trinajstić information content (AvgIpc) is 3.18. The molecule has 3 N–H and O–H groups in total. The lowest BCUT2D eigenvalue weighted by Gasteiger charge is -2.18. The number of H-pyrrole nitrogens is 1. The van der Waals surface area contributed by atoms with Gasteiger partial charge in [0.25, 0.3) is 0 Å². The molecule has 0 saturated carbocycles. The quantitative estimate of drug-likeness (QED) is 0.221. The highest BCUT2D eigenvalue weighted by atomic mass is 127. The second-order valence-electron chi connectivity index (χ2n) is 7.24. The second kappa shape index (κ2) is 12.6. The van der Waals surface area contributed by atoms with Gasteiger partial charge in [0.15, 0.2) is 5.96 Å². The molecule has 0 spiro atoms. The summed E-state index contributed by atoms with van der Waals surface area (Å²) < 4.78 is 0. The van der Waals surface area contributed by atoms with E-state index in [-0.39, 0.29) is 24.0 Å². The molecular weight excluding hydrogens is 485 g/mol. The molecule has 1 heterocycles. The van der Waals surface area contributed by atoms with E-state index in [1.54, 1.807) is 0 Å². The molecule has 3 rings (SSSR count). The number of guanidine groups is 1. The molecule has 0 atom stereocenters. The lowest BCUT2D eigenvalue weighted by atomic mass is 10.1. The number of nitrogens with zero attached hydrogens (tertiary/aromatic N) is 2. The standard InChI is InChI=1S/C24H33N5.HI/c1-4-29(5-2)18-20-12-10-19(11-13-20)16-28-24(25-3)26-15-14-21-17-27-23-9-7-6-8-22(21)23;/h6-13,17,27H,4-5,14-16,18H2,1-3H3,(H2,25,26,28);1H. The fourth-order valence-electron chi connectivity index (χ4n) is 3.53. The number of aliphatic imine (C=N–C) groups is 1. The summed E-state index contributed by atoms with van der Waals surface area (Å²) in [7, 11) is 1.81. The molecule has 0 saturated heterocycles. The van der Waals surface area contributed by atoms with Crippen LogP contribution in [0, 0.1) is 0 Å². The van der Waals surface area contributed by atoms with Crippen molar-refractivity contribution in [1.82, 2.24) is 20.5 Å². The molecule has 0 aliphatic carbocycles. The molecule has 3 aromatic rings. The highest BCUT2D eigenvalue weighted by Crippen LogP contribution is 2.17. The summed E-state index contributed by atoms with van der Waals surface area (Å²) in [4.78, 5) is 10.1. The van der Waals surface area contributed by atoms with E-state index in [4.69, 9.17) is 0 Å². The Balaban J connectivity index is 0.00000320. The number of fused-ring (bicyclic) bond motifs is 1. The molecule has 0 aliphatic heterocycles. The first-order valence-corrected chi connectivity index (χ1v) is 10.5. The molecule has 0 bridgehead atoms. The Bertz CT molecular complexity index is 913. The summed E-state index contributed by atoms with van der Waals surface area (Å²) in [6, 6.07) is 17.3. The lowest BCUT2D eigenvalue weighted by molar-refractivity contribution is 0.296. The average molecular weight is 519 g/mol. The van der Waals surface area contributed by atoms with Crippen molar-refractivity contribution in [3.05, 3.63) is 71.4 Å². The highest BCUT2D eigenvalue weighted by Gasteiger charge is 2.04. The van der Waals surface area contributed by atoms with Crippen LogP contribution >= 0.6 is 24.0 Å². The van der Waals surface area contributed by atoms with E-state index in [9.17, 15) is 0 Å². The van der Waals surface area contributed by atoms with E-state index in [0.717, 1.165) is 45.1 Å². The smallest absolute Gasteiger partial charge is 0.191 e. The van der Waals surface area contributed by atoms with Crippen molar-refractivity contribution in [2.75, 3.05) is 26.7 Å². The second-order valence-corrected chi connectivity index (χ2v) is 7.24. The Morgan fingerprint density at radius 3 is 2.37 bits per heavy atom. The van der Waals surface area contributed by atoms with Crippen LogP contribution in [0.15, 0.2) is 59.7 Å². The van der Waals surface area contributed by atoms with Crippen LogP contribution in [0.2, 0.25) is 0 Å². The molecule has 2 aromatic carbocycles. The van der Waals surface area contributed by atoms with Gasteiger partial charge in [0.2, 0.25) is 0 Å². The van der Waals surface area contributed by atoms with Gasteiger partial charge in [-0.3, -0.25) is 9.89 Å². The minimum Gasteiger partial charge on any atom is -0.361 e. The number of halogens is 1. The van der Waals surface area contributed by atoms with Gasteiger partial charge in [0.05, 0.1) is 0 Å². The summed E-state index contributed by atoms with van der Waals surface area (Å²) >= 11 is 0. The predicted octanol–water partition coefficient (Wildman–Crippen LogP) is 4.54. The van der Waals surface area contributed by atoms with Crippen LogP contribution in [0.4, 0.5) is 0 Å². The zero-order valence-corrected chi connectivity index (χ0v) is 20.6. The van der Waals surface area contributed by atoms with E-state index in [1.165, 1.54) is 27.6 Å². The Hall–Kier alpha value is -2.06. The Kier molecular flexibility index (Phi) is 10.2. The third-order valence-corrected chi connectivity index (χ3v) is 5.37. The van der Waals surface area contributed by atoms with E-state index >= 15 is 0 Å².